The van der Waals surface area contributed by atoms with E-state index in [4.69, 9.17) is 4.74 Å². The fourth-order valence-corrected chi connectivity index (χ4v) is 3.43. The van der Waals surface area contributed by atoms with E-state index in [0.717, 1.165) is 48.1 Å². The lowest BCUT2D eigenvalue weighted by atomic mass is 10.1. The first kappa shape index (κ1) is 16.4. The highest BCUT2D eigenvalue weighted by Gasteiger charge is 2.22. The van der Waals surface area contributed by atoms with Crippen LogP contribution in [-0.2, 0) is 0 Å². The van der Waals surface area contributed by atoms with Crippen LogP contribution in [-0.4, -0.2) is 36.0 Å². The maximum Gasteiger partial charge on any atom is 0.256 e. The number of nitrogens with zero attached hydrogens (tertiary/aromatic N) is 2. The molecule has 0 spiro atoms. The van der Waals surface area contributed by atoms with Crippen molar-refractivity contribution in [3.8, 4) is 5.75 Å². The van der Waals surface area contributed by atoms with Crippen LogP contribution in [0.15, 0.2) is 54.7 Å². The number of carbonyl (C=O) groups is 1. The molecule has 26 heavy (non-hydrogen) atoms. The van der Waals surface area contributed by atoms with E-state index in [1.54, 1.807) is 13.3 Å². The normalized spacial score (nSPS) is 13.8. The zero-order valence-electron chi connectivity index (χ0n) is 14.7. The standard InChI is InChI=1S/C21H21N3O2/c1-26-19-11-5-4-10-18(19)23-20-16-9-3-2-8-15(16)17(14-22-20)21(25)24-12-6-7-13-24/h2-5,8-11,14H,6-7,12-13H2,1H3,(H,22,23). The molecule has 5 heteroatoms. The van der Waals surface area contributed by atoms with Gasteiger partial charge in [0.25, 0.3) is 5.91 Å². The molecule has 1 aliphatic rings. The van der Waals surface area contributed by atoms with Crippen molar-refractivity contribution in [3.63, 3.8) is 0 Å². The molecule has 2 heterocycles. The lowest BCUT2D eigenvalue weighted by Gasteiger charge is -2.18. The number of benzene rings is 2. The number of ether oxygens (including phenoxy) is 1. The summed E-state index contributed by atoms with van der Waals surface area (Å²) in [6, 6.07) is 15.6. The van der Waals surface area contributed by atoms with Gasteiger partial charge in [-0.25, -0.2) is 4.98 Å². The Kier molecular flexibility index (Phi) is 4.44. The number of fused-ring (bicyclic) bond motifs is 1. The molecule has 1 saturated heterocycles. The summed E-state index contributed by atoms with van der Waals surface area (Å²) in [6.07, 6.45) is 3.83. The topological polar surface area (TPSA) is 54.5 Å². The highest BCUT2D eigenvalue weighted by molar-refractivity contribution is 6.09. The van der Waals surface area contributed by atoms with Crippen LogP contribution in [0.4, 0.5) is 11.5 Å². The quantitative estimate of drug-likeness (QED) is 0.768. The van der Waals surface area contributed by atoms with Gasteiger partial charge >= 0.3 is 0 Å². The van der Waals surface area contributed by atoms with Gasteiger partial charge in [0, 0.05) is 24.7 Å². The van der Waals surface area contributed by atoms with Crippen molar-refractivity contribution in [2.75, 3.05) is 25.5 Å². The summed E-state index contributed by atoms with van der Waals surface area (Å²) >= 11 is 0. The van der Waals surface area contributed by atoms with Crippen molar-refractivity contribution in [3.05, 3.63) is 60.3 Å². The maximum absolute atomic E-state index is 12.9. The van der Waals surface area contributed by atoms with Gasteiger partial charge in [-0.3, -0.25) is 4.79 Å². The summed E-state index contributed by atoms with van der Waals surface area (Å²) in [5, 5.41) is 5.17. The molecule has 2 aromatic carbocycles. The number of rotatable bonds is 4. The predicted molar refractivity (Wildman–Crippen MR) is 103 cm³/mol. The molecule has 0 saturated carbocycles. The average Bonchev–Trinajstić information content (AvgIpc) is 3.23. The minimum atomic E-state index is 0.0649. The average molecular weight is 347 g/mol. The highest BCUT2D eigenvalue weighted by Crippen LogP contribution is 2.31. The van der Waals surface area contributed by atoms with Gasteiger partial charge in [0.05, 0.1) is 18.4 Å². The van der Waals surface area contributed by atoms with Crippen LogP contribution in [0.5, 0.6) is 5.75 Å². The van der Waals surface area contributed by atoms with Gasteiger partial charge in [-0.1, -0.05) is 36.4 Å². The molecule has 0 aliphatic carbocycles. The lowest BCUT2D eigenvalue weighted by molar-refractivity contribution is 0.0794. The minimum Gasteiger partial charge on any atom is -0.495 e. The third kappa shape index (κ3) is 2.96. The van der Waals surface area contributed by atoms with Crippen molar-refractivity contribution in [1.82, 2.24) is 9.88 Å². The number of para-hydroxylation sites is 2. The molecular weight excluding hydrogens is 326 g/mol. The van der Waals surface area contributed by atoms with Crippen LogP contribution in [0, 0.1) is 0 Å². The number of carbonyl (C=O) groups excluding carboxylic acids is 1. The highest BCUT2D eigenvalue weighted by atomic mass is 16.5. The van der Waals surface area contributed by atoms with Crippen LogP contribution in [0.25, 0.3) is 10.8 Å². The van der Waals surface area contributed by atoms with Crippen LogP contribution >= 0.6 is 0 Å². The molecule has 0 radical (unpaired) electrons. The number of anilines is 2. The Morgan fingerprint density at radius 2 is 1.73 bits per heavy atom. The number of hydrogen-bond acceptors (Lipinski definition) is 4. The molecule has 132 valence electrons. The molecule has 4 rings (SSSR count). The number of methoxy groups -OCH3 is 1. The monoisotopic (exact) mass is 347 g/mol. The van der Waals surface area contributed by atoms with E-state index >= 15 is 0 Å². The second kappa shape index (κ2) is 7.04. The molecule has 0 atom stereocenters. The van der Waals surface area contributed by atoms with Gasteiger partial charge in [0.1, 0.15) is 11.6 Å². The van der Waals surface area contributed by atoms with Gasteiger partial charge in [-0.2, -0.15) is 0 Å². The number of pyridine rings is 1. The van der Waals surface area contributed by atoms with Gasteiger partial charge in [0.15, 0.2) is 0 Å². The largest absolute Gasteiger partial charge is 0.495 e. The smallest absolute Gasteiger partial charge is 0.256 e. The molecule has 1 amide bonds. The fraction of sp³-hybridized carbons (Fsp3) is 0.238. The van der Waals surface area contributed by atoms with Crippen molar-refractivity contribution in [2.45, 2.75) is 12.8 Å². The number of aromatic nitrogens is 1. The fourth-order valence-electron chi connectivity index (χ4n) is 3.43. The SMILES string of the molecule is COc1ccccc1Nc1ncc(C(=O)N2CCCC2)c2ccccc12. The minimum absolute atomic E-state index is 0.0649. The molecule has 1 aliphatic heterocycles. The van der Waals surface area contributed by atoms with Crippen LogP contribution in [0.3, 0.4) is 0 Å². The van der Waals surface area contributed by atoms with E-state index in [0.29, 0.717) is 11.4 Å². The van der Waals surface area contributed by atoms with Crippen molar-refractivity contribution in [1.29, 1.82) is 0 Å². The Balaban J connectivity index is 1.76. The predicted octanol–water partition coefficient (Wildman–Crippen LogP) is 4.22. The molecule has 5 nitrogen and oxygen atoms in total. The number of likely N-dealkylation sites (tertiary alicyclic amines) is 1. The summed E-state index contributed by atoms with van der Waals surface area (Å²) in [4.78, 5) is 19.3. The number of nitrogens with one attached hydrogen (secondary N) is 1. The van der Waals surface area contributed by atoms with Gasteiger partial charge in [-0.05, 0) is 30.4 Å². The number of hydrogen-bond donors (Lipinski definition) is 1. The van der Waals surface area contributed by atoms with E-state index < -0.39 is 0 Å². The first-order valence-corrected chi connectivity index (χ1v) is 8.85. The molecule has 3 aromatic rings. The van der Waals surface area contributed by atoms with Gasteiger partial charge in [-0.15, -0.1) is 0 Å². The third-order valence-corrected chi connectivity index (χ3v) is 4.78. The van der Waals surface area contributed by atoms with E-state index in [-0.39, 0.29) is 5.91 Å². The maximum atomic E-state index is 12.9. The van der Waals surface area contributed by atoms with Gasteiger partial charge < -0.3 is 15.0 Å². The molecule has 1 N–H and O–H groups in total. The summed E-state index contributed by atoms with van der Waals surface area (Å²) in [6.45, 7) is 1.66. The zero-order chi connectivity index (χ0) is 17.9. The Morgan fingerprint density at radius 1 is 1.04 bits per heavy atom. The summed E-state index contributed by atoms with van der Waals surface area (Å²) in [5.41, 5.74) is 1.50. The summed E-state index contributed by atoms with van der Waals surface area (Å²) in [7, 11) is 1.64. The van der Waals surface area contributed by atoms with E-state index in [1.165, 1.54) is 0 Å². The summed E-state index contributed by atoms with van der Waals surface area (Å²) in [5.74, 6) is 1.52. The zero-order valence-corrected chi connectivity index (χ0v) is 14.7. The molecule has 0 unspecified atom stereocenters. The van der Waals surface area contributed by atoms with E-state index in [9.17, 15) is 4.79 Å². The Bertz CT molecular complexity index is 949. The molecule has 1 fully saturated rings. The molecule has 0 bridgehead atoms. The summed E-state index contributed by atoms with van der Waals surface area (Å²) < 4.78 is 5.41. The van der Waals surface area contributed by atoms with Crippen molar-refractivity contribution < 1.29 is 9.53 Å². The Labute approximate surface area is 152 Å². The third-order valence-electron chi connectivity index (χ3n) is 4.78. The Hall–Kier alpha value is -3.08. The second-order valence-corrected chi connectivity index (χ2v) is 6.39. The Morgan fingerprint density at radius 3 is 2.50 bits per heavy atom. The van der Waals surface area contributed by atoms with Crippen LogP contribution < -0.4 is 10.1 Å². The number of amides is 1. The first-order chi connectivity index (χ1) is 12.8. The van der Waals surface area contributed by atoms with E-state index in [1.807, 2.05) is 53.4 Å². The molecule has 1 aromatic heterocycles. The molecular formula is C21H21N3O2. The van der Waals surface area contributed by atoms with Gasteiger partial charge in [0.2, 0.25) is 0 Å². The lowest BCUT2D eigenvalue weighted by Crippen LogP contribution is -2.27. The van der Waals surface area contributed by atoms with Crippen LogP contribution in [0.2, 0.25) is 0 Å². The second-order valence-electron chi connectivity index (χ2n) is 6.39. The van der Waals surface area contributed by atoms with Crippen molar-refractivity contribution in [2.24, 2.45) is 0 Å². The van der Waals surface area contributed by atoms with Crippen LogP contribution in [0.1, 0.15) is 23.2 Å². The van der Waals surface area contributed by atoms with E-state index in [2.05, 4.69) is 10.3 Å². The van der Waals surface area contributed by atoms with Crippen molar-refractivity contribution >= 4 is 28.2 Å². The first-order valence-electron chi connectivity index (χ1n) is 8.85.